The van der Waals surface area contributed by atoms with E-state index in [-0.39, 0.29) is 0 Å². The first-order valence-corrected chi connectivity index (χ1v) is 7.16. The van der Waals surface area contributed by atoms with E-state index in [0.29, 0.717) is 17.1 Å². The average molecular weight is 315 g/mol. The van der Waals surface area contributed by atoms with E-state index in [1.165, 1.54) is 0 Å². The van der Waals surface area contributed by atoms with Crippen LogP contribution in [0.25, 0.3) is 0 Å². The Morgan fingerprint density at radius 3 is 2.58 bits per heavy atom. The van der Waals surface area contributed by atoms with Gasteiger partial charge in [0.25, 0.3) is 0 Å². The molecule has 0 fully saturated rings. The van der Waals surface area contributed by atoms with Crippen LogP contribution >= 0.6 is 34.5 Å². The Balaban J connectivity index is 1.94. The average Bonchev–Trinajstić information content (AvgIpc) is 2.77. The smallest absolute Gasteiger partial charge is 0.248 e. The number of benzene rings is 1. The lowest BCUT2D eigenvalue weighted by Gasteiger charge is -2.07. The van der Waals surface area contributed by atoms with Crippen molar-refractivity contribution in [3.8, 4) is 0 Å². The largest absolute Gasteiger partial charge is 0.366 e. The Hall–Kier alpha value is -1.07. The van der Waals surface area contributed by atoms with Crippen LogP contribution in [0.5, 0.6) is 0 Å². The first kappa shape index (κ1) is 14.3. The summed E-state index contributed by atoms with van der Waals surface area (Å²) in [5.41, 5.74) is 6.53. The second kappa shape index (κ2) is 6.39. The monoisotopic (exact) mass is 314 g/mol. The van der Waals surface area contributed by atoms with E-state index in [9.17, 15) is 4.79 Å². The van der Waals surface area contributed by atoms with Crippen LogP contribution in [-0.2, 0) is 13.1 Å². The van der Waals surface area contributed by atoms with Crippen LogP contribution in [0, 0.1) is 0 Å². The van der Waals surface area contributed by atoms with Gasteiger partial charge in [-0.1, -0.05) is 29.3 Å². The number of hydrogen-bond acceptors (Lipinski definition) is 3. The predicted molar refractivity (Wildman–Crippen MR) is 79.8 cm³/mol. The molecule has 0 aliphatic heterocycles. The number of amides is 1. The van der Waals surface area contributed by atoms with E-state index < -0.39 is 5.91 Å². The normalized spacial score (nSPS) is 10.6. The molecule has 100 valence electrons. The van der Waals surface area contributed by atoms with Gasteiger partial charge in [-0.2, -0.15) is 0 Å². The van der Waals surface area contributed by atoms with Crippen LogP contribution in [0.2, 0.25) is 9.36 Å². The second-order valence-corrected chi connectivity index (χ2v) is 6.19. The second-order valence-electron chi connectivity index (χ2n) is 3.98. The van der Waals surface area contributed by atoms with E-state index >= 15 is 0 Å². The van der Waals surface area contributed by atoms with Crippen LogP contribution in [0.15, 0.2) is 30.3 Å². The Morgan fingerprint density at radius 2 is 2.00 bits per heavy atom. The number of hydrogen-bond donors (Lipinski definition) is 2. The molecule has 6 heteroatoms. The van der Waals surface area contributed by atoms with Crippen molar-refractivity contribution in [2.75, 3.05) is 0 Å². The Kier molecular flexibility index (Phi) is 4.82. The minimum atomic E-state index is -0.477. The Morgan fingerprint density at radius 1 is 1.21 bits per heavy atom. The number of rotatable bonds is 5. The van der Waals surface area contributed by atoms with Gasteiger partial charge < -0.3 is 11.1 Å². The highest BCUT2D eigenvalue weighted by atomic mass is 35.5. The van der Waals surface area contributed by atoms with E-state index in [1.54, 1.807) is 29.5 Å². The molecule has 0 unspecified atom stereocenters. The van der Waals surface area contributed by atoms with Gasteiger partial charge in [0, 0.05) is 28.6 Å². The summed E-state index contributed by atoms with van der Waals surface area (Å²) in [5, 5.41) is 3.81. The lowest BCUT2D eigenvalue weighted by atomic mass is 10.1. The van der Waals surface area contributed by atoms with Crippen molar-refractivity contribution in [2.24, 2.45) is 5.73 Å². The molecular weight excluding hydrogens is 303 g/mol. The SMILES string of the molecule is NC(=O)c1ccc(CNCc2ccc(Cl)s2)c(Cl)c1. The number of carbonyl (C=O) groups excluding carboxylic acids is 1. The van der Waals surface area contributed by atoms with Crippen LogP contribution in [0.3, 0.4) is 0 Å². The summed E-state index contributed by atoms with van der Waals surface area (Å²) in [7, 11) is 0. The maximum absolute atomic E-state index is 11.0. The van der Waals surface area contributed by atoms with Gasteiger partial charge in [0.05, 0.1) is 4.34 Å². The molecule has 0 aliphatic carbocycles. The van der Waals surface area contributed by atoms with Crippen molar-refractivity contribution >= 4 is 40.4 Å². The van der Waals surface area contributed by atoms with Crippen molar-refractivity contribution in [1.82, 2.24) is 5.32 Å². The highest BCUT2D eigenvalue weighted by molar-refractivity contribution is 7.16. The van der Waals surface area contributed by atoms with E-state index in [2.05, 4.69) is 5.32 Å². The molecule has 0 spiro atoms. The third kappa shape index (κ3) is 3.94. The maximum Gasteiger partial charge on any atom is 0.248 e. The zero-order valence-electron chi connectivity index (χ0n) is 9.95. The standard InChI is InChI=1S/C13H12Cl2N2OS/c14-11-5-8(13(16)18)1-2-9(11)6-17-7-10-3-4-12(15)19-10/h1-5,17H,6-7H2,(H2,16,18). The van der Waals surface area contributed by atoms with Crippen LogP contribution in [0.4, 0.5) is 0 Å². The quantitative estimate of drug-likeness (QED) is 0.888. The highest BCUT2D eigenvalue weighted by Crippen LogP contribution is 2.22. The number of thiophene rings is 1. The first-order chi connectivity index (χ1) is 9.06. The van der Waals surface area contributed by atoms with Crippen LogP contribution in [0.1, 0.15) is 20.8 Å². The fraction of sp³-hybridized carbons (Fsp3) is 0.154. The molecular formula is C13H12Cl2N2OS. The zero-order valence-corrected chi connectivity index (χ0v) is 12.3. The molecule has 3 N–H and O–H groups in total. The molecule has 2 aromatic rings. The van der Waals surface area contributed by atoms with Crippen molar-refractivity contribution in [2.45, 2.75) is 13.1 Å². The van der Waals surface area contributed by atoms with Gasteiger partial charge in [-0.3, -0.25) is 4.79 Å². The van der Waals surface area contributed by atoms with Crippen molar-refractivity contribution in [1.29, 1.82) is 0 Å². The van der Waals surface area contributed by atoms with Crippen LogP contribution < -0.4 is 11.1 Å². The van der Waals surface area contributed by atoms with Crippen molar-refractivity contribution < 1.29 is 4.79 Å². The molecule has 19 heavy (non-hydrogen) atoms. The van der Waals surface area contributed by atoms with Gasteiger partial charge >= 0.3 is 0 Å². The third-order valence-electron chi connectivity index (χ3n) is 2.58. The van der Waals surface area contributed by atoms with Gasteiger partial charge in [0.1, 0.15) is 0 Å². The molecule has 3 nitrogen and oxygen atoms in total. The van der Waals surface area contributed by atoms with Gasteiger partial charge in [0.15, 0.2) is 0 Å². The molecule has 0 atom stereocenters. The lowest BCUT2D eigenvalue weighted by molar-refractivity contribution is 0.100. The summed E-state index contributed by atoms with van der Waals surface area (Å²) in [5.74, 6) is -0.477. The number of primary amides is 1. The maximum atomic E-state index is 11.0. The molecule has 0 aliphatic rings. The van der Waals surface area contributed by atoms with Crippen molar-refractivity contribution in [3.05, 3.63) is 55.7 Å². The number of nitrogens with one attached hydrogen (secondary N) is 1. The first-order valence-electron chi connectivity index (χ1n) is 5.59. The summed E-state index contributed by atoms with van der Waals surface area (Å²) in [6.45, 7) is 1.35. The highest BCUT2D eigenvalue weighted by Gasteiger charge is 2.05. The fourth-order valence-electron chi connectivity index (χ4n) is 1.61. The minimum Gasteiger partial charge on any atom is -0.366 e. The van der Waals surface area contributed by atoms with Crippen LogP contribution in [-0.4, -0.2) is 5.91 Å². The molecule has 0 bridgehead atoms. The van der Waals surface area contributed by atoms with Gasteiger partial charge in [-0.05, 0) is 29.8 Å². The molecule has 1 amide bonds. The van der Waals surface area contributed by atoms with Gasteiger partial charge in [0.2, 0.25) is 5.91 Å². The van der Waals surface area contributed by atoms with E-state index in [4.69, 9.17) is 28.9 Å². The fourth-order valence-corrected chi connectivity index (χ4v) is 2.92. The molecule has 2 rings (SSSR count). The Labute approximate surface area is 125 Å². The summed E-state index contributed by atoms with van der Waals surface area (Å²) in [6.07, 6.45) is 0. The summed E-state index contributed by atoms with van der Waals surface area (Å²) >= 11 is 13.5. The Bertz CT molecular complexity index is 598. The number of nitrogens with two attached hydrogens (primary N) is 1. The topological polar surface area (TPSA) is 55.1 Å². The summed E-state index contributed by atoms with van der Waals surface area (Å²) < 4.78 is 0.778. The summed E-state index contributed by atoms with van der Waals surface area (Å²) in [6, 6.07) is 8.92. The van der Waals surface area contributed by atoms with Gasteiger partial charge in [-0.25, -0.2) is 0 Å². The third-order valence-corrected chi connectivity index (χ3v) is 4.16. The molecule has 0 saturated carbocycles. The van der Waals surface area contributed by atoms with E-state index in [0.717, 1.165) is 21.3 Å². The number of halogens is 2. The van der Waals surface area contributed by atoms with Gasteiger partial charge in [-0.15, -0.1) is 11.3 Å². The lowest BCUT2D eigenvalue weighted by Crippen LogP contribution is -2.14. The minimum absolute atomic E-state index is 0.416. The van der Waals surface area contributed by atoms with E-state index in [1.807, 2.05) is 12.1 Å². The molecule has 0 saturated heterocycles. The zero-order chi connectivity index (χ0) is 13.8. The molecule has 0 radical (unpaired) electrons. The molecule has 1 aromatic carbocycles. The molecule has 1 heterocycles. The van der Waals surface area contributed by atoms with Crippen molar-refractivity contribution in [3.63, 3.8) is 0 Å². The number of carbonyl (C=O) groups is 1. The molecule has 1 aromatic heterocycles. The summed E-state index contributed by atoms with van der Waals surface area (Å²) in [4.78, 5) is 12.2. The predicted octanol–water partition coefficient (Wildman–Crippen LogP) is 3.44.